The fraction of sp³-hybridized carbons (Fsp3) is 0.533. The van der Waals surface area contributed by atoms with Crippen LogP contribution in [0.1, 0.15) is 25.7 Å². The van der Waals surface area contributed by atoms with Crippen molar-refractivity contribution in [2.45, 2.75) is 37.0 Å². The van der Waals surface area contributed by atoms with Gasteiger partial charge in [0.25, 0.3) is 6.01 Å². The molecule has 0 amide bonds. The van der Waals surface area contributed by atoms with Gasteiger partial charge >= 0.3 is 0 Å². The molecule has 4 rings (SSSR count). The summed E-state index contributed by atoms with van der Waals surface area (Å²) in [6, 6.07) is 5.96. The van der Waals surface area contributed by atoms with Crippen LogP contribution < -0.4 is 9.62 Å². The smallest absolute Gasteiger partial charge is 0.298 e. The first kappa shape index (κ1) is 15.2. The topological polar surface area (TPSA) is 75.4 Å². The normalized spacial score (nSPS) is 20.3. The van der Waals surface area contributed by atoms with Gasteiger partial charge in [-0.3, -0.25) is 0 Å². The van der Waals surface area contributed by atoms with Crippen molar-refractivity contribution >= 4 is 38.7 Å². The lowest BCUT2D eigenvalue weighted by Gasteiger charge is -2.31. The van der Waals surface area contributed by atoms with E-state index in [0.717, 1.165) is 44.3 Å². The molecule has 2 fully saturated rings. The molecule has 23 heavy (non-hydrogen) atoms. The zero-order valence-corrected chi connectivity index (χ0v) is 14.1. The molecular weight excluding hydrogens is 338 g/mol. The number of hydrogen-bond donors (Lipinski definition) is 1. The third-order valence-electron chi connectivity index (χ3n) is 4.40. The lowest BCUT2D eigenvalue weighted by atomic mass is 10.1. The van der Waals surface area contributed by atoms with Gasteiger partial charge in [0.1, 0.15) is 5.52 Å². The van der Waals surface area contributed by atoms with E-state index in [9.17, 15) is 8.42 Å². The predicted octanol–water partition coefficient (Wildman–Crippen LogP) is 2.53. The van der Waals surface area contributed by atoms with Gasteiger partial charge in [-0.25, -0.2) is 13.1 Å². The molecule has 1 aliphatic heterocycles. The van der Waals surface area contributed by atoms with E-state index in [4.69, 9.17) is 16.0 Å². The number of piperidine rings is 1. The number of halogens is 1. The Bertz CT molecular complexity index is 824. The lowest BCUT2D eigenvalue weighted by Crippen LogP contribution is -2.45. The van der Waals surface area contributed by atoms with Crippen LogP contribution in [0.5, 0.6) is 0 Å². The minimum Gasteiger partial charge on any atom is -0.423 e. The van der Waals surface area contributed by atoms with Crippen molar-refractivity contribution in [3.8, 4) is 0 Å². The van der Waals surface area contributed by atoms with Crippen LogP contribution in [0.4, 0.5) is 6.01 Å². The first-order chi connectivity index (χ1) is 11.0. The van der Waals surface area contributed by atoms with E-state index >= 15 is 0 Å². The monoisotopic (exact) mass is 355 g/mol. The molecule has 8 heteroatoms. The molecule has 2 aliphatic rings. The Kier molecular flexibility index (Phi) is 3.74. The average Bonchev–Trinajstić information content (AvgIpc) is 3.29. The number of hydrogen-bond acceptors (Lipinski definition) is 5. The number of nitrogens with one attached hydrogen (secondary N) is 1. The van der Waals surface area contributed by atoms with Gasteiger partial charge in [-0.2, -0.15) is 4.98 Å². The minimum atomic E-state index is -3.12. The van der Waals surface area contributed by atoms with E-state index < -0.39 is 10.0 Å². The van der Waals surface area contributed by atoms with Crippen LogP contribution >= 0.6 is 11.6 Å². The van der Waals surface area contributed by atoms with Crippen molar-refractivity contribution in [1.29, 1.82) is 0 Å². The largest absolute Gasteiger partial charge is 0.423 e. The molecule has 2 heterocycles. The van der Waals surface area contributed by atoms with Crippen molar-refractivity contribution < 1.29 is 12.8 Å². The zero-order valence-electron chi connectivity index (χ0n) is 12.5. The number of benzene rings is 1. The zero-order chi connectivity index (χ0) is 16.0. The average molecular weight is 356 g/mol. The Labute approximate surface area is 139 Å². The molecule has 1 aliphatic carbocycles. The first-order valence-electron chi connectivity index (χ1n) is 7.83. The van der Waals surface area contributed by atoms with Crippen molar-refractivity contribution in [3.05, 3.63) is 23.2 Å². The van der Waals surface area contributed by atoms with E-state index in [0.29, 0.717) is 16.6 Å². The molecule has 2 aromatic rings. The molecule has 1 aromatic heterocycles. The lowest BCUT2D eigenvalue weighted by molar-refractivity contribution is 0.438. The van der Waals surface area contributed by atoms with Gasteiger partial charge in [-0.15, -0.1) is 0 Å². The maximum atomic E-state index is 12.0. The van der Waals surface area contributed by atoms with E-state index in [-0.39, 0.29) is 11.3 Å². The van der Waals surface area contributed by atoms with Crippen LogP contribution in [-0.4, -0.2) is 37.8 Å². The second-order valence-corrected chi connectivity index (χ2v) is 8.66. The number of nitrogens with zero attached hydrogens (tertiary/aromatic N) is 2. The molecule has 124 valence electrons. The third kappa shape index (κ3) is 3.18. The van der Waals surface area contributed by atoms with Gasteiger partial charge < -0.3 is 9.32 Å². The van der Waals surface area contributed by atoms with E-state index in [1.807, 2.05) is 6.07 Å². The molecule has 1 saturated heterocycles. The number of anilines is 1. The summed E-state index contributed by atoms with van der Waals surface area (Å²) < 4.78 is 32.6. The second kappa shape index (κ2) is 5.65. The van der Waals surface area contributed by atoms with E-state index in [1.165, 1.54) is 0 Å². The Morgan fingerprint density at radius 3 is 2.65 bits per heavy atom. The molecule has 0 atom stereocenters. The highest BCUT2D eigenvalue weighted by molar-refractivity contribution is 7.90. The quantitative estimate of drug-likeness (QED) is 0.912. The van der Waals surface area contributed by atoms with Crippen molar-refractivity contribution in [1.82, 2.24) is 9.71 Å². The molecular formula is C15H18ClN3O3S. The van der Waals surface area contributed by atoms with Crippen LogP contribution in [0.3, 0.4) is 0 Å². The van der Waals surface area contributed by atoms with Crippen LogP contribution in [0.15, 0.2) is 22.6 Å². The van der Waals surface area contributed by atoms with E-state index in [2.05, 4.69) is 14.6 Å². The first-order valence-corrected chi connectivity index (χ1v) is 9.76. The fourth-order valence-corrected chi connectivity index (χ4v) is 4.73. The molecule has 0 spiro atoms. The summed E-state index contributed by atoms with van der Waals surface area (Å²) >= 11 is 5.96. The Hall–Kier alpha value is -1.31. The Morgan fingerprint density at radius 2 is 1.96 bits per heavy atom. The summed E-state index contributed by atoms with van der Waals surface area (Å²) in [5.41, 5.74) is 1.45. The number of aromatic nitrogens is 1. The maximum Gasteiger partial charge on any atom is 0.298 e. The number of fused-ring (bicyclic) bond motifs is 1. The molecule has 0 bridgehead atoms. The maximum absolute atomic E-state index is 12.0. The molecule has 6 nitrogen and oxygen atoms in total. The summed E-state index contributed by atoms with van der Waals surface area (Å²) in [5.74, 6) is 0. The van der Waals surface area contributed by atoms with Crippen LogP contribution in [0.25, 0.3) is 11.1 Å². The summed E-state index contributed by atoms with van der Waals surface area (Å²) in [6.45, 7) is 1.44. The van der Waals surface area contributed by atoms with Crippen LogP contribution in [0.2, 0.25) is 5.02 Å². The third-order valence-corrected chi connectivity index (χ3v) is 6.64. The standard InChI is InChI=1S/C15H18ClN3O3S/c16-10-1-4-13-14(9-10)22-15(17-13)19-7-5-11(6-8-19)18-23(20,21)12-2-3-12/h1,4,9,11-12,18H,2-3,5-8H2. The highest BCUT2D eigenvalue weighted by Gasteiger charge is 2.37. The van der Waals surface area contributed by atoms with Crippen molar-refractivity contribution in [3.63, 3.8) is 0 Å². The molecule has 1 aromatic carbocycles. The minimum absolute atomic E-state index is 0.00988. The van der Waals surface area contributed by atoms with Crippen molar-refractivity contribution in [2.24, 2.45) is 0 Å². The highest BCUT2D eigenvalue weighted by Crippen LogP contribution is 2.29. The summed E-state index contributed by atoms with van der Waals surface area (Å²) in [7, 11) is -3.12. The summed E-state index contributed by atoms with van der Waals surface area (Å²) in [5, 5.41) is 0.454. The van der Waals surface area contributed by atoms with Gasteiger partial charge in [-0.1, -0.05) is 11.6 Å². The van der Waals surface area contributed by atoms with Crippen LogP contribution in [0, 0.1) is 0 Å². The predicted molar refractivity (Wildman–Crippen MR) is 89.3 cm³/mol. The number of oxazole rings is 1. The van der Waals surface area contributed by atoms with Gasteiger partial charge in [0.2, 0.25) is 10.0 Å². The summed E-state index contributed by atoms with van der Waals surface area (Å²) in [6.07, 6.45) is 3.09. The van der Waals surface area contributed by atoms with Crippen LogP contribution in [-0.2, 0) is 10.0 Å². The summed E-state index contributed by atoms with van der Waals surface area (Å²) in [4.78, 5) is 6.53. The van der Waals surface area contributed by atoms with Gasteiger partial charge in [0.05, 0.1) is 5.25 Å². The van der Waals surface area contributed by atoms with Gasteiger partial charge in [0.15, 0.2) is 5.58 Å². The SMILES string of the molecule is O=S(=O)(NC1CCN(c2nc3ccc(Cl)cc3o2)CC1)C1CC1. The number of sulfonamides is 1. The molecule has 1 saturated carbocycles. The fourth-order valence-electron chi connectivity index (χ4n) is 2.92. The van der Waals surface area contributed by atoms with Crippen molar-refractivity contribution in [2.75, 3.05) is 18.0 Å². The Balaban J connectivity index is 1.42. The second-order valence-electron chi connectivity index (χ2n) is 6.23. The Morgan fingerprint density at radius 1 is 1.22 bits per heavy atom. The molecule has 0 radical (unpaired) electrons. The van der Waals surface area contributed by atoms with Gasteiger partial charge in [0, 0.05) is 30.2 Å². The highest BCUT2D eigenvalue weighted by atomic mass is 35.5. The molecule has 1 N–H and O–H groups in total. The van der Waals surface area contributed by atoms with E-state index in [1.54, 1.807) is 12.1 Å². The molecule has 0 unspecified atom stereocenters. The van der Waals surface area contributed by atoms with Gasteiger partial charge in [-0.05, 0) is 37.8 Å². The number of rotatable bonds is 4.